The minimum absolute atomic E-state index is 0.0123. The van der Waals surface area contributed by atoms with Crippen molar-refractivity contribution in [3.8, 4) is 0 Å². The molecule has 2 rings (SSSR count). The quantitative estimate of drug-likeness (QED) is 0.578. The molecular formula is C16H16ClNO5S. The van der Waals surface area contributed by atoms with Gasteiger partial charge in [-0.05, 0) is 42.0 Å². The summed E-state index contributed by atoms with van der Waals surface area (Å²) in [6.45, 7) is 0.0753. The second-order valence-electron chi connectivity index (χ2n) is 4.83. The van der Waals surface area contributed by atoms with E-state index in [1.54, 1.807) is 24.3 Å². The first kappa shape index (κ1) is 18.4. The summed E-state index contributed by atoms with van der Waals surface area (Å²) in [6.07, 6.45) is 0. The monoisotopic (exact) mass is 369 g/mol. The lowest BCUT2D eigenvalue weighted by molar-refractivity contribution is -0.0258. The Labute approximate surface area is 145 Å². The molecule has 2 aromatic rings. The molecule has 0 aliphatic rings. The van der Waals surface area contributed by atoms with Crippen LogP contribution in [0.3, 0.4) is 0 Å². The predicted molar refractivity (Wildman–Crippen MR) is 89.0 cm³/mol. The first-order chi connectivity index (χ1) is 11.3. The van der Waals surface area contributed by atoms with E-state index in [-0.39, 0.29) is 17.1 Å². The maximum absolute atomic E-state index is 12.1. The van der Waals surface area contributed by atoms with Gasteiger partial charge in [0.15, 0.2) is 0 Å². The minimum atomic E-state index is -3.75. The van der Waals surface area contributed by atoms with Crippen molar-refractivity contribution in [2.75, 3.05) is 14.2 Å². The molecule has 0 saturated carbocycles. The molecule has 0 aliphatic heterocycles. The number of hydrogen-bond acceptors (Lipinski definition) is 5. The zero-order valence-electron chi connectivity index (χ0n) is 13.1. The highest BCUT2D eigenvalue weighted by Gasteiger charge is 2.21. The normalized spacial score (nSPS) is 11.5. The average Bonchev–Trinajstić information content (AvgIpc) is 2.59. The molecule has 24 heavy (non-hydrogen) atoms. The molecule has 6 nitrogen and oxygen atoms in total. The summed E-state index contributed by atoms with van der Waals surface area (Å²) in [5.74, 6) is -0.556. The summed E-state index contributed by atoms with van der Waals surface area (Å²) in [4.78, 5) is 16.7. The lowest BCUT2D eigenvalue weighted by Crippen LogP contribution is -2.25. The SMILES string of the molecule is CON(C)S(=O)(=O)c1ccc(C(=O)OCc2cccc(Cl)c2)cc1. The van der Waals surface area contributed by atoms with Crippen LogP contribution in [0.4, 0.5) is 0 Å². The summed E-state index contributed by atoms with van der Waals surface area (Å²) >= 11 is 5.86. The third-order valence-electron chi connectivity index (χ3n) is 3.24. The second-order valence-corrected chi connectivity index (χ2v) is 7.20. The molecular weight excluding hydrogens is 354 g/mol. The standard InChI is InChI=1S/C16H16ClNO5S/c1-18(22-2)24(20,21)15-8-6-13(7-9-15)16(19)23-11-12-4-3-5-14(17)10-12/h3-10H,11H2,1-2H3. The van der Waals surface area contributed by atoms with Crippen LogP contribution in [0, 0.1) is 0 Å². The van der Waals surface area contributed by atoms with Gasteiger partial charge in [-0.2, -0.15) is 0 Å². The van der Waals surface area contributed by atoms with E-state index < -0.39 is 16.0 Å². The molecule has 0 spiro atoms. The van der Waals surface area contributed by atoms with Gasteiger partial charge in [0.05, 0.1) is 17.6 Å². The first-order valence-corrected chi connectivity index (χ1v) is 8.71. The summed E-state index contributed by atoms with van der Waals surface area (Å²) in [7, 11) is -1.22. The Balaban J connectivity index is 2.06. The zero-order chi connectivity index (χ0) is 17.7. The van der Waals surface area contributed by atoms with E-state index in [9.17, 15) is 13.2 Å². The van der Waals surface area contributed by atoms with Crippen molar-refractivity contribution in [3.63, 3.8) is 0 Å². The molecule has 0 radical (unpaired) electrons. The van der Waals surface area contributed by atoms with Crippen LogP contribution < -0.4 is 0 Å². The molecule has 0 amide bonds. The van der Waals surface area contributed by atoms with Gasteiger partial charge < -0.3 is 4.74 Å². The average molecular weight is 370 g/mol. The van der Waals surface area contributed by atoms with E-state index in [0.717, 1.165) is 10.0 Å². The van der Waals surface area contributed by atoms with E-state index in [4.69, 9.17) is 16.3 Å². The molecule has 0 heterocycles. The van der Waals surface area contributed by atoms with E-state index in [2.05, 4.69) is 4.84 Å². The van der Waals surface area contributed by atoms with Gasteiger partial charge in [-0.15, -0.1) is 0 Å². The maximum Gasteiger partial charge on any atom is 0.338 e. The molecule has 8 heteroatoms. The molecule has 0 bridgehead atoms. The van der Waals surface area contributed by atoms with Gasteiger partial charge in [-0.25, -0.2) is 13.2 Å². The molecule has 2 aromatic carbocycles. The molecule has 0 atom stereocenters. The molecule has 0 aliphatic carbocycles. The lowest BCUT2D eigenvalue weighted by Gasteiger charge is -2.14. The van der Waals surface area contributed by atoms with Crippen molar-refractivity contribution >= 4 is 27.6 Å². The Morgan fingerprint density at radius 1 is 1.17 bits per heavy atom. The molecule has 0 saturated heterocycles. The molecule has 0 aromatic heterocycles. The largest absolute Gasteiger partial charge is 0.457 e. The summed E-state index contributed by atoms with van der Waals surface area (Å²) in [6, 6.07) is 12.4. The van der Waals surface area contributed by atoms with E-state index >= 15 is 0 Å². The van der Waals surface area contributed by atoms with Gasteiger partial charge in [0.25, 0.3) is 10.0 Å². The van der Waals surface area contributed by atoms with E-state index in [1.807, 2.05) is 0 Å². The number of nitrogens with zero attached hydrogens (tertiary/aromatic N) is 1. The number of ether oxygens (including phenoxy) is 1. The Morgan fingerprint density at radius 3 is 2.42 bits per heavy atom. The number of hydrogen-bond donors (Lipinski definition) is 0. The third kappa shape index (κ3) is 4.33. The van der Waals surface area contributed by atoms with Crippen molar-refractivity contribution in [3.05, 3.63) is 64.7 Å². The van der Waals surface area contributed by atoms with Crippen molar-refractivity contribution in [2.45, 2.75) is 11.5 Å². The minimum Gasteiger partial charge on any atom is -0.457 e. The van der Waals surface area contributed by atoms with Crippen LogP contribution in [0.2, 0.25) is 5.02 Å². The fourth-order valence-corrected chi connectivity index (χ4v) is 3.05. The van der Waals surface area contributed by atoms with Crippen molar-refractivity contribution in [1.29, 1.82) is 0 Å². The van der Waals surface area contributed by atoms with Gasteiger partial charge in [0.2, 0.25) is 0 Å². The third-order valence-corrected chi connectivity index (χ3v) is 5.17. The highest BCUT2D eigenvalue weighted by molar-refractivity contribution is 7.89. The van der Waals surface area contributed by atoms with Crippen LogP contribution in [-0.4, -0.2) is 33.0 Å². The van der Waals surface area contributed by atoms with Gasteiger partial charge in [-0.3, -0.25) is 4.84 Å². The maximum atomic E-state index is 12.1. The zero-order valence-corrected chi connectivity index (χ0v) is 14.7. The van der Waals surface area contributed by atoms with Gasteiger partial charge >= 0.3 is 5.97 Å². The number of benzene rings is 2. The van der Waals surface area contributed by atoms with Gasteiger partial charge in [0.1, 0.15) is 6.61 Å². The number of rotatable bonds is 6. The summed E-state index contributed by atoms with van der Waals surface area (Å²) < 4.78 is 30.0. The van der Waals surface area contributed by atoms with Crippen LogP contribution in [-0.2, 0) is 26.2 Å². The lowest BCUT2D eigenvalue weighted by atomic mass is 10.2. The molecule has 0 unspecified atom stereocenters. The Morgan fingerprint density at radius 2 is 1.83 bits per heavy atom. The van der Waals surface area contributed by atoms with Crippen LogP contribution in [0.25, 0.3) is 0 Å². The Hall–Kier alpha value is -1.93. The molecule has 128 valence electrons. The first-order valence-electron chi connectivity index (χ1n) is 6.89. The number of carbonyl (C=O) groups excluding carboxylic acids is 1. The number of hydroxylamine groups is 1. The number of carbonyl (C=O) groups is 1. The molecule has 0 N–H and O–H groups in total. The highest BCUT2D eigenvalue weighted by atomic mass is 35.5. The van der Waals surface area contributed by atoms with Crippen molar-refractivity contribution < 1.29 is 22.8 Å². The Bertz CT molecular complexity index is 821. The van der Waals surface area contributed by atoms with E-state index in [0.29, 0.717) is 5.02 Å². The topological polar surface area (TPSA) is 72.9 Å². The fourth-order valence-electron chi connectivity index (χ4n) is 1.87. The van der Waals surface area contributed by atoms with Gasteiger partial charge in [-0.1, -0.05) is 28.2 Å². The van der Waals surface area contributed by atoms with Crippen LogP contribution >= 0.6 is 11.6 Å². The van der Waals surface area contributed by atoms with Crippen molar-refractivity contribution in [1.82, 2.24) is 4.47 Å². The summed E-state index contributed by atoms with van der Waals surface area (Å²) in [5, 5.41) is 0.556. The fraction of sp³-hybridized carbons (Fsp3) is 0.188. The van der Waals surface area contributed by atoms with E-state index in [1.165, 1.54) is 38.4 Å². The Kier molecular flexibility index (Phi) is 5.95. The highest BCUT2D eigenvalue weighted by Crippen LogP contribution is 2.16. The van der Waals surface area contributed by atoms with Crippen molar-refractivity contribution in [2.24, 2.45) is 0 Å². The van der Waals surface area contributed by atoms with Crippen LogP contribution in [0.5, 0.6) is 0 Å². The number of halogens is 1. The van der Waals surface area contributed by atoms with Crippen LogP contribution in [0.15, 0.2) is 53.4 Å². The van der Waals surface area contributed by atoms with Gasteiger partial charge in [0, 0.05) is 12.1 Å². The smallest absolute Gasteiger partial charge is 0.338 e. The van der Waals surface area contributed by atoms with Crippen LogP contribution in [0.1, 0.15) is 15.9 Å². The number of esters is 1. The summed E-state index contributed by atoms with van der Waals surface area (Å²) in [5.41, 5.74) is 1.01. The number of sulfonamides is 1. The second kappa shape index (κ2) is 7.76. The molecule has 0 fully saturated rings. The predicted octanol–water partition coefficient (Wildman–Crippen LogP) is 2.88.